The topological polar surface area (TPSA) is 47.1 Å². The Morgan fingerprint density at radius 1 is 1.19 bits per heavy atom. The highest BCUT2D eigenvalue weighted by Crippen LogP contribution is 2.37. The van der Waals surface area contributed by atoms with E-state index < -0.39 is 0 Å². The maximum absolute atomic E-state index is 6.38. The van der Waals surface area contributed by atoms with E-state index in [2.05, 4.69) is 44.6 Å². The molecule has 2 rings (SSSR count). The molecule has 1 aliphatic rings. The Hall–Kier alpha value is -1.19. The Labute approximate surface area is 129 Å². The van der Waals surface area contributed by atoms with Gasteiger partial charge >= 0.3 is 0 Å². The molecule has 21 heavy (non-hydrogen) atoms. The van der Waals surface area contributed by atoms with Crippen LogP contribution in [-0.4, -0.2) is 22.9 Å². The molecule has 1 atom stereocenters. The first-order valence-electron chi connectivity index (χ1n) is 8.29. The number of rotatable bonds is 2. The predicted octanol–water partition coefficient (Wildman–Crippen LogP) is 3.78. The standard InChI is InChI=1S/C17H32N4/c1-12(2)15-14(18)16(20(6)19-15)21-10-7-8-13(9-11-21)17(3,4)5/h12-13H,7-11,18H2,1-6H3. The molecule has 0 spiro atoms. The van der Waals surface area contributed by atoms with Crippen molar-refractivity contribution in [2.45, 2.75) is 59.8 Å². The predicted molar refractivity (Wildman–Crippen MR) is 90.7 cm³/mol. The van der Waals surface area contributed by atoms with E-state index in [1.807, 2.05) is 11.7 Å². The van der Waals surface area contributed by atoms with Crippen LogP contribution in [0.1, 0.15) is 65.5 Å². The lowest BCUT2D eigenvalue weighted by Gasteiger charge is -2.30. The van der Waals surface area contributed by atoms with Gasteiger partial charge in [0.05, 0.1) is 11.4 Å². The van der Waals surface area contributed by atoms with Crippen LogP contribution >= 0.6 is 0 Å². The number of aryl methyl sites for hydroxylation is 1. The van der Waals surface area contributed by atoms with Crippen LogP contribution in [0.2, 0.25) is 0 Å². The lowest BCUT2D eigenvalue weighted by atomic mass is 9.77. The smallest absolute Gasteiger partial charge is 0.150 e. The zero-order valence-corrected chi connectivity index (χ0v) is 14.6. The van der Waals surface area contributed by atoms with Gasteiger partial charge in [0.25, 0.3) is 0 Å². The molecular weight excluding hydrogens is 260 g/mol. The summed E-state index contributed by atoms with van der Waals surface area (Å²) in [6, 6.07) is 0. The second-order valence-electron chi connectivity index (χ2n) is 7.88. The van der Waals surface area contributed by atoms with Crippen molar-refractivity contribution in [2.75, 3.05) is 23.7 Å². The maximum Gasteiger partial charge on any atom is 0.150 e. The third kappa shape index (κ3) is 3.35. The number of hydrogen-bond acceptors (Lipinski definition) is 3. The second-order valence-corrected chi connectivity index (χ2v) is 7.88. The van der Waals surface area contributed by atoms with Gasteiger partial charge in [-0.25, -0.2) is 0 Å². The summed E-state index contributed by atoms with van der Waals surface area (Å²) in [7, 11) is 2.02. The van der Waals surface area contributed by atoms with Gasteiger partial charge in [-0.05, 0) is 36.5 Å². The number of anilines is 2. The van der Waals surface area contributed by atoms with Crippen molar-refractivity contribution in [1.29, 1.82) is 0 Å². The van der Waals surface area contributed by atoms with E-state index in [9.17, 15) is 0 Å². The summed E-state index contributed by atoms with van der Waals surface area (Å²) in [5.74, 6) is 2.29. The molecule has 4 heteroatoms. The largest absolute Gasteiger partial charge is 0.394 e. The van der Waals surface area contributed by atoms with Crippen LogP contribution in [0.15, 0.2) is 0 Å². The quantitative estimate of drug-likeness (QED) is 0.902. The molecule has 1 aromatic heterocycles. The highest BCUT2D eigenvalue weighted by atomic mass is 15.4. The minimum absolute atomic E-state index is 0.374. The monoisotopic (exact) mass is 292 g/mol. The van der Waals surface area contributed by atoms with E-state index in [1.54, 1.807) is 0 Å². The van der Waals surface area contributed by atoms with Crippen LogP contribution in [0.25, 0.3) is 0 Å². The van der Waals surface area contributed by atoms with E-state index in [4.69, 9.17) is 5.73 Å². The SMILES string of the molecule is CC(C)c1nn(C)c(N2CCCC(C(C)(C)C)CC2)c1N. The number of hydrogen-bond donors (Lipinski definition) is 1. The van der Waals surface area contributed by atoms with Gasteiger partial charge in [0.1, 0.15) is 5.82 Å². The van der Waals surface area contributed by atoms with Gasteiger partial charge in [-0.3, -0.25) is 4.68 Å². The van der Waals surface area contributed by atoms with Crippen molar-refractivity contribution < 1.29 is 0 Å². The zero-order chi connectivity index (χ0) is 15.8. The van der Waals surface area contributed by atoms with Gasteiger partial charge < -0.3 is 10.6 Å². The summed E-state index contributed by atoms with van der Waals surface area (Å²) < 4.78 is 1.97. The van der Waals surface area contributed by atoms with Crippen LogP contribution < -0.4 is 10.6 Å². The summed E-state index contributed by atoms with van der Waals surface area (Å²) in [6.07, 6.45) is 3.80. The molecule has 2 heterocycles. The Morgan fingerprint density at radius 3 is 2.38 bits per heavy atom. The van der Waals surface area contributed by atoms with Crippen LogP contribution in [0, 0.1) is 11.3 Å². The molecule has 0 aromatic carbocycles. The third-order valence-corrected chi connectivity index (χ3v) is 4.88. The molecule has 1 fully saturated rings. The molecule has 0 radical (unpaired) electrons. The van der Waals surface area contributed by atoms with Gasteiger partial charge in [-0.15, -0.1) is 0 Å². The van der Waals surface area contributed by atoms with Crippen LogP contribution in [0.5, 0.6) is 0 Å². The zero-order valence-electron chi connectivity index (χ0n) is 14.6. The Morgan fingerprint density at radius 2 is 1.86 bits per heavy atom. The van der Waals surface area contributed by atoms with Gasteiger partial charge in [-0.2, -0.15) is 5.10 Å². The molecule has 0 bridgehead atoms. The Bertz CT molecular complexity index is 482. The molecule has 0 saturated carbocycles. The van der Waals surface area contributed by atoms with E-state index in [1.165, 1.54) is 19.3 Å². The molecule has 4 nitrogen and oxygen atoms in total. The lowest BCUT2D eigenvalue weighted by molar-refractivity contribution is 0.220. The first-order chi connectivity index (χ1) is 9.71. The molecular formula is C17H32N4. The van der Waals surface area contributed by atoms with Gasteiger partial charge in [-0.1, -0.05) is 34.6 Å². The summed E-state index contributed by atoms with van der Waals surface area (Å²) in [5, 5.41) is 4.63. The third-order valence-electron chi connectivity index (χ3n) is 4.88. The first-order valence-corrected chi connectivity index (χ1v) is 8.29. The molecule has 1 aromatic rings. The van der Waals surface area contributed by atoms with E-state index in [0.717, 1.165) is 36.2 Å². The molecule has 0 aliphatic carbocycles. The number of nitrogen functional groups attached to an aromatic ring is 1. The Balaban J connectivity index is 2.20. The first kappa shape index (κ1) is 16.2. The molecule has 0 amide bonds. The van der Waals surface area contributed by atoms with Crippen molar-refractivity contribution in [1.82, 2.24) is 9.78 Å². The van der Waals surface area contributed by atoms with Gasteiger partial charge in [0.2, 0.25) is 0 Å². The van der Waals surface area contributed by atoms with E-state index in [-0.39, 0.29) is 0 Å². The number of aromatic nitrogens is 2. The van der Waals surface area contributed by atoms with Crippen LogP contribution in [0.3, 0.4) is 0 Å². The van der Waals surface area contributed by atoms with Crippen molar-refractivity contribution in [3.05, 3.63) is 5.69 Å². The lowest BCUT2D eigenvalue weighted by Crippen LogP contribution is -2.28. The average molecular weight is 292 g/mol. The van der Waals surface area contributed by atoms with E-state index >= 15 is 0 Å². The molecule has 1 aliphatic heterocycles. The summed E-state index contributed by atoms with van der Waals surface area (Å²) in [6.45, 7) is 13.6. The van der Waals surface area contributed by atoms with E-state index in [0.29, 0.717) is 11.3 Å². The van der Waals surface area contributed by atoms with Gasteiger partial charge in [0.15, 0.2) is 0 Å². The number of nitrogens with two attached hydrogens (primary N) is 1. The second kappa shape index (κ2) is 5.90. The van der Waals surface area contributed by atoms with Crippen molar-refractivity contribution in [2.24, 2.45) is 18.4 Å². The average Bonchev–Trinajstić information content (AvgIpc) is 2.55. The highest BCUT2D eigenvalue weighted by molar-refractivity contribution is 5.67. The minimum atomic E-state index is 0.374. The summed E-state index contributed by atoms with van der Waals surface area (Å²) >= 11 is 0. The summed E-state index contributed by atoms with van der Waals surface area (Å²) in [4.78, 5) is 2.44. The Kier molecular flexibility index (Phi) is 4.54. The van der Waals surface area contributed by atoms with Crippen molar-refractivity contribution >= 4 is 11.5 Å². The minimum Gasteiger partial charge on any atom is -0.394 e. The fourth-order valence-corrected chi connectivity index (χ4v) is 3.53. The fourth-order valence-electron chi connectivity index (χ4n) is 3.53. The van der Waals surface area contributed by atoms with Crippen LogP contribution in [-0.2, 0) is 7.05 Å². The normalized spacial score (nSPS) is 20.9. The van der Waals surface area contributed by atoms with Crippen LogP contribution in [0.4, 0.5) is 11.5 Å². The van der Waals surface area contributed by atoms with Crippen molar-refractivity contribution in [3.63, 3.8) is 0 Å². The van der Waals surface area contributed by atoms with Gasteiger partial charge in [0, 0.05) is 20.1 Å². The molecule has 1 unspecified atom stereocenters. The number of nitrogens with zero attached hydrogens (tertiary/aromatic N) is 3. The highest BCUT2D eigenvalue weighted by Gasteiger charge is 2.29. The molecule has 2 N–H and O–H groups in total. The molecule has 120 valence electrons. The summed E-state index contributed by atoms with van der Waals surface area (Å²) in [5.41, 5.74) is 8.69. The fraction of sp³-hybridized carbons (Fsp3) is 0.824. The molecule has 1 saturated heterocycles. The van der Waals surface area contributed by atoms with Crippen molar-refractivity contribution in [3.8, 4) is 0 Å². The maximum atomic E-state index is 6.38.